The molecule has 1 atom stereocenters. The Balaban J connectivity index is 1.61. The zero-order chi connectivity index (χ0) is 16.9. The van der Waals surface area contributed by atoms with Crippen LogP contribution in [0.3, 0.4) is 0 Å². The summed E-state index contributed by atoms with van der Waals surface area (Å²) in [6.07, 6.45) is 3.61. The third kappa shape index (κ3) is 4.07. The Bertz CT molecular complexity index is 684. The Labute approximate surface area is 142 Å². The van der Waals surface area contributed by atoms with Crippen LogP contribution in [0.25, 0.3) is 0 Å². The SMILES string of the molecule is Cc1cc(C)nc(N2CCC[C@H](C(=O)NCc3ccccn3)C2)n1. The van der Waals surface area contributed by atoms with Gasteiger partial charge in [-0.3, -0.25) is 9.78 Å². The summed E-state index contributed by atoms with van der Waals surface area (Å²) in [5.74, 6) is 0.774. The van der Waals surface area contributed by atoms with Gasteiger partial charge in [-0.2, -0.15) is 0 Å². The Morgan fingerprint density at radius 2 is 2.08 bits per heavy atom. The number of piperidine rings is 1. The van der Waals surface area contributed by atoms with Crippen molar-refractivity contribution in [3.63, 3.8) is 0 Å². The quantitative estimate of drug-likeness (QED) is 0.931. The van der Waals surface area contributed by atoms with E-state index in [1.807, 2.05) is 38.1 Å². The van der Waals surface area contributed by atoms with Crippen LogP contribution in [0.15, 0.2) is 30.5 Å². The van der Waals surface area contributed by atoms with Crippen molar-refractivity contribution in [2.45, 2.75) is 33.2 Å². The first-order chi connectivity index (χ1) is 11.6. The number of nitrogens with one attached hydrogen (secondary N) is 1. The van der Waals surface area contributed by atoms with Crippen molar-refractivity contribution in [3.05, 3.63) is 47.5 Å². The topological polar surface area (TPSA) is 71.0 Å². The number of carbonyl (C=O) groups excluding carboxylic acids is 1. The molecular formula is C18H23N5O. The second-order valence-corrected chi connectivity index (χ2v) is 6.27. The van der Waals surface area contributed by atoms with Gasteiger partial charge in [-0.15, -0.1) is 0 Å². The van der Waals surface area contributed by atoms with Gasteiger partial charge in [0.2, 0.25) is 11.9 Å². The van der Waals surface area contributed by atoms with Gasteiger partial charge in [-0.1, -0.05) is 6.07 Å². The van der Waals surface area contributed by atoms with Crippen molar-refractivity contribution in [2.75, 3.05) is 18.0 Å². The minimum absolute atomic E-state index is 0.0353. The van der Waals surface area contributed by atoms with Crippen LogP contribution >= 0.6 is 0 Å². The molecule has 1 saturated heterocycles. The highest BCUT2D eigenvalue weighted by Crippen LogP contribution is 2.21. The van der Waals surface area contributed by atoms with Gasteiger partial charge in [0.25, 0.3) is 0 Å². The van der Waals surface area contributed by atoms with Gasteiger partial charge in [0.15, 0.2) is 0 Å². The molecule has 6 nitrogen and oxygen atoms in total. The van der Waals surface area contributed by atoms with Gasteiger partial charge in [-0.25, -0.2) is 9.97 Å². The van der Waals surface area contributed by atoms with Gasteiger partial charge in [0.05, 0.1) is 18.2 Å². The summed E-state index contributed by atoms with van der Waals surface area (Å²) in [7, 11) is 0. The average Bonchev–Trinajstić information content (AvgIpc) is 2.60. The van der Waals surface area contributed by atoms with Crippen molar-refractivity contribution in [2.24, 2.45) is 5.92 Å². The van der Waals surface area contributed by atoms with Gasteiger partial charge in [0, 0.05) is 30.7 Å². The molecule has 0 radical (unpaired) electrons. The van der Waals surface area contributed by atoms with Crippen molar-refractivity contribution in [3.8, 4) is 0 Å². The molecule has 2 aromatic heterocycles. The summed E-state index contributed by atoms with van der Waals surface area (Å²) >= 11 is 0. The number of carbonyl (C=O) groups is 1. The summed E-state index contributed by atoms with van der Waals surface area (Å²) in [6.45, 7) is 5.97. The summed E-state index contributed by atoms with van der Waals surface area (Å²) in [4.78, 5) is 27.9. The van der Waals surface area contributed by atoms with Crippen molar-refractivity contribution in [1.82, 2.24) is 20.3 Å². The third-order valence-electron chi connectivity index (χ3n) is 4.22. The molecule has 6 heteroatoms. The second kappa shape index (κ2) is 7.38. The monoisotopic (exact) mass is 325 g/mol. The van der Waals surface area contributed by atoms with Crippen LogP contribution in [-0.2, 0) is 11.3 Å². The van der Waals surface area contributed by atoms with Crippen LogP contribution in [0.1, 0.15) is 29.9 Å². The molecule has 0 spiro atoms. The lowest BCUT2D eigenvalue weighted by Gasteiger charge is -2.32. The lowest BCUT2D eigenvalue weighted by Crippen LogP contribution is -2.43. The fraction of sp³-hybridized carbons (Fsp3) is 0.444. The van der Waals surface area contributed by atoms with E-state index in [9.17, 15) is 4.79 Å². The second-order valence-electron chi connectivity index (χ2n) is 6.27. The van der Waals surface area contributed by atoms with Gasteiger partial charge >= 0.3 is 0 Å². The smallest absolute Gasteiger partial charge is 0.225 e. The molecule has 1 fully saturated rings. The Morgan fingerprint density at radius 1 is 1.29 bits per heavy atom. The molecule has 0 unspecified atom stereocenters. The summed E-state index contributed by atoms with van der Waals surface area (Å²) in [5, 5.41) is 2.99. The molecule has 2 aromatic rings. The molecule has 1 N–H and O–H groups in total. The van der Waals surface area contributed by atoms with E-state index >= 15 is 0 Å². The molecule has 1 aliphatic rings. The van der Waals surface area contributed by atoms with Gasteiger partial charge in [-0.05, 0) is 44.9 Å². The first-order valence-electron chi connectivity index (χ1n) is 8.36. The van der Waals surface area contributed by atoms with E-state index in [-0.39, 0.29) is 11.8 Å². The highest BCUT2D eigenvalue weighted by atomic mass is 16.1. The van der Waals surface area contributed by atoms with E-state index in [0.29, 0.717) is 13.1 Å². The number of anilines is 1. The highest BCUT2D eigenvalue weighted by molar-refractivity contribution is 5.79. The zero-order valence-corrected chi connectivity index (χ0v) is 14.2. The van der Waals surface area contributed by atoms with Crippen molar-refractivity contribution in [1.29, 1.82) is 0 Å². The van der Waals surface area contributed by atoms with E-state index in [0.717, 1.165) is 42.4 Å². The molecular weight excluding hydrogens is 302 g/mol. The minimum Gasteiger partial charge on any atom is -0.350 e. The number of hydrogen-bond donors (Lipinski definition) is 1. The van der Waals surface area contributed by atoms with Gasteiger partial charge in [0.1, 0.15) is 0 Å². The number of hydrogen-bond acceptors (Lipinski definition) is 5. The summed E-state index contributed by atoms with van der Waals surface area (Å²) < 4.78 is 0. The molecule has 0 bridgehead atoms. The number of aromatic nitrogens is 3. The molecule has 1 aliphatic heterocycles. The standard InChI is InChI=1S/C18H23N5O/c1-13-10-14(2)22-18(21-13)23-9-5-6-15(12-23)17(24)20-11-16-7-3-4-8-19-16/h3-4,7-8,10,15H,5-6,9,11-12H2,1-2H3,(H,20,24)/t15-/m0/s1. The number of aryl methyl sites for hydroxylation is 2. The van der Waals surface area contributed by atoms with Crippen molar-refractivity contribution >= 4 is 11.9 Å². The Morgan fingerprint density at radius 3 is 2.79 bits per heavy atom. The maximum Gasteiger partial charge on any atom is 0.225 e. The molecule has 3 heterocycles. The molecule has 0 saturated carbocycles. The lowest BCUT2D eigenvalue weighted by molar-refractivity contribution is -0.125. The fourth-order valence-electron chi connectivity index (χ4n) is 3.05. The van der Waals surface area contributed by atoms with E-state index in [2.05, 4.69) is 25.2 Å². The van der Waals surface area contributed by atoms with E-state index < -0.39 is 0 Å². The molecule has 24 heavy (non-hydrogen) atoms. The molecule has 1 amide bonds. The molecule has 126 valence electrons. The first-order valence-corrected chi connectivity index (χ1v) is 8.36. The van der Waals surface area contributed by atoms with Crippen LogP contribution in [0.2, 0.25) is 0 Å². The zero-order valence-electron chi connectivity index (χ0n) is 14.2. The van der Waals surface area contributed by atoms with E-state index in [4.69, 9.17) is 0 Å². The summed E-state index contributed by atoms with van der Waals surface area (Å²) in [5.41, 5.74) is 2.79. The largest absolute Gasteiger partial charge is 0.350 e. The third-order valence-corrected chi connectivity index (χ3v) is 4.22. The normalized spacial score (nSPS) is 17.6. The van der Waals surface area contributed by atoms with Crippen LogP contribution in [0.4, 0.5) is 5.95 Å². The predicted octanol–water partition coefficient (Wildman–Crippen LogP) is 2.02. The number of nitrogens with zero attached hydrogens (tertiary/aromatic N) is 4. The summed E-state index contributed by atoms with van der Waals surface area (Å²) in [6, 6.07) is 7.67. The minimum atomic E-state index is -0.0353. The Hall–Kier alpha value is -2.50. The van der Waals surface area contributed by atoms with Crippen LogP contribution in [0, 0.1) is 19.8 Å². The number of amides is 1. The van der Waals surface area contributed by atoms with E-state index in [1.165, 1.54) is 0 Å². The van der Waals surface area contributed by atoms with Crippen LogP contribution < -0.4 is 10.2 Å². The highest BCUT2D eigenvalue weighted by Gasteiger charge is 2.27. The lowest BCUT2D eigenvalue weighted by atomic mass is 9.97. The number of pyridine rings is 1. The van der Waals surface area contributed by atoms with Crippen LogP contribution in [-0.4, -0.2) is 33.9 Å². The van der Waals surface area contributed by atoms with Crippen molar-refractivity contribution < 1.29 is 4.79 Å². The van der Waals surface area contributed by atoms with Gasteiger partial charge < -0.3 is 10.2 Å². The molecule has 0 aliphatic carbocycles. The average molecular weight is 325 g/mol. The maximum absolute atomic E-state index is 12.5. The van der Waals surface area contributed by atoms with Crippen LogP contribution in [0.5, 0.6) is 0 Å². The predicted molar refractivity (Wildman–Crippen MR) is 92.5 cm³/mol. The Kier molecular flexibility index (Phi) is 5.03. The maximum atomic E-state index is 12.5. The first kappa shape index (κ1) is 16.4. The molecule has 3 rings (SSSR count). The molecule has 0 aromatic carbocycles. The van der Waals surface area contributed by atoms with E-state index in [1.54, 1.807) is 6.20 Å². The number of rotatable bonds is 4. The fourth-order valence-corrected chi connectivity index (χ4v) is 3.05.